The third-order valence-corrected chi connectivity index (χ3v) is 5.08. The molecule has 7 nitrogen and oxygen atoms in total. The molecule has 0 radical (unpaired) electrons. The van der Waals surface area contributed by atoms with Crippen LogP contribution in [-0.2, 0) is 11.3 Å². The van der Waals surface area contributed by atoms with Crippen molar-refractivity contribution in [1.29, 1.82) is 0 Å². The van der Waals surface area contributed by atoms with Gasteiger partial charge in [-0.1, -0.05) is 6.58 Å². The molecule has 170 valence electrons. The smallest absolute Gasteiger partial charge is 0.387 e. The number of amides is 1. The number of hydrazine groups is 1. The molecule has 0 spiro atoms. The van der Waals surface area contributed by atoms with Crippen LogP contribution in [0.3, 0.4) is 0 Å². The Morgan fingerprint density at radius 1 is 1.33 bits per heavy atom. The van der Waals surface area contributed by atoms with E-state index in [9.17, 15) is 18.0 Å². The number of carbonyl (C=O) groups excluding carboxylic acids is 1. The molecule has 0 saturated carbocycles. The quantitative estimate of drug-likeness (QED) is 0.481. The Hall–Kier alpha value is -3.92. The lowest BCUT2D eigenvalue weighted by molar-refractivity contribution is -0.0921. The second-order valence-electron chi connectivity index (χ2n) is 7.31. The summed E-state index contributed by atoms with van der Waals surface area (Å²) < 4.78 is 43.4. The lowest BCUT2D eigenvalue weighted by Crippen LogP contribution is -2.34. The summed E-state index contributed by atoms with van der Waals surface area (Å²) in [7, 11) is 0. The van der Waals surface area contributed by atoms with E-state index in [0.717, 1.165) is 11.6 Å². The van der Waals surface area contributed by atoms with E-state index in [1.54, 1.807) is 42.7 Å². The van der Waals surface area contributed by atoms with Crippen LogP contribution in [0, 0.1) is 0 Å². The monoisotopic (exact) mass is 455 g/mol. The summed E-state index contributed by atoms with van der Waals surface area (Å²) in [5, 5.41) is 4.51. The van der Waals surface area contributed by atoms with Gasteiger partial charge >= 0.3 is 6.61 Å². The maximum absolute atomic E-state index is 13.3. The molecule has 4 rings (SSSR count). The standard InChI is InChI=1S/C23H20F3N5O2/c1-13(8-16(9-14(2)24)33-23(25)26)20-10-19(30-31(20)15-4-3-6-27-11-15)21-18-12-29-22(32)17(18)5-7-28-21/h3-11,19,23,30H,2,12H2,1H3,(H,29,32). The van der Waals surface area contributed by atoms with Gasteiger partial charge in [-0.3, -0.25) is 19.8 Å². The number of hydrogen-bond acceptors (Lipinski definition) is 6. The molecule has 1 amide bonds. The molecule has 1 unspecified atom stereocenters. The number of pyridine rings is 2. The Morgan fingerprint density at radius 2 is 2.15 bits per heavy atom. The molecule has 0 aromatic carbocycles. The van der Waals surface area contributed by atoms with E-state index in [0.29, 0.717) is 34.8 Å². The molecule has 0 aliphatic carbocycles. The van der Waals surface area contributed by atoms with Gasteiger partial charge in [0.1, 0.15) is 11.6 Å². The van der Waals surface area contributed by atoms with Gasteiger partial charge in [-0.25, -0.2) is 9.82 Å². The summed E-state index contributed by atoms with van der Waals surface area (Å²) in [5.41, 5.74) is 7.07. The number of aromatic nitrogens is 2. The normalized spacial score (nSPS) is 18.3. The van der Waals surface area contributed by atoms with Crippen molar-refractivity contribution in [2.45, 2.75) is 26.1 Å². The highest BCUT2D eigenvalue weighted by atomic mass is 19.3. The van der Waals surface area contributed by atoms with Crippen LogP contribution in [0.25, 0.3) is 0 Å². The fraction of sp³-hybridized carbons (Fsp3) is 0.174. The first-order valence-corrected chi connectivity index (χ1v) is 9.97. The topological polar surface area (TPSA) is 79.4 Å². The van der Waals surface area contributed by atoms with Crippen molar-refractivity contribution >= 4 is 11.6 Å². The van der Waals surface area contributed by atoms with Gasteiger partial charge in [0.15, 0.2) is 0 Å². The Kier molecular flexibility index (Phi) is 6.27. The van der Waals surface area contributed by atoms with Crippen molar-refractivity contribution in [3.63, 3.8) is 0 Å². The molecule has 1 atom stereocenters. The second kappa shape index (κ2) is 9.29. The average molecular weight is 455 g/mol. The van der Waals surface area contributed by atoms with Crippen molar-refractivity contribution in [3.05, 3.63) is 101 Å². The molecule has 2 aromatic heterocycles. The molecule has 2 N–H and O–H groups in total. The molecule has 2 aliphatic rings. The van der Waals surface area contributed by atoms with Crippen molar-refractivity contribution in [2.75, 3.05) is 5.01 Å². The highest BCUT2D eigenvalue weighted by molar-refractivity contribution is 5.98. The number of carbonyl (C=O) groups is 1. The Balaban J connectivity index is 1.76. The van der Waals surface area contributed by atoms with Crippen molar-refractivity contribution in [2.24, 2.45) is 0 Å². The minimum atomic E-state index is -3.13. The number of nitrogens with zero attached hydrogens (tertiary/aromatic N) is 3. The number of allylic oxidation sites excluding steroid dienone is 4. The van der Waals surface area contributed by atoms with Crippen LogP contribution in [0.5, 0.6) is 0 Å². The van der Waals surface area contributed by atoms with E-state index in [4.69, 9.17) is 0 Å². The predicted molar refractivity (Wildman–Crippen MR) is 115 cm³/mol. The summed E-state index contributed by atoms with van der Waals surface area (Å²) in [5.74, 6) is -1.46. The van der Waals surface area contributed by atoms with Crippen LogP contribution in [-0.4, -0.2) is 22.5 Å². The summed E-state index contributed by atoms with van der Waals surface area (Å²) in [6.07, 6.45) is 8.73. The van der Waals surface area contributed by atoms with Gasteiger partial charge in [0.2, 0.25) is 0 Å². The van der Waals surface area contributed by atoms with Gasteiger partial charge in [0.05, 0.1) is 29.3 Å². The van der Waals surface area contributed by atoms with E-state index >= 15 is 0 Å². The maximum Gasteiger partial charge on any atom is 0.387 e. The van der Waals surface area contributed by atoms with Gasteiger partial charge in [-0.2, -0.15) is 8.78 Å². The maximum atomic E-state index is 13.3. The van der Waals surface area contributed by atoms with E-state index in [1.165, 1.54) is 6.08 Å². The molecule has 0 fully saturated rings. The fourth-order valence-electron chi connectivity index (χ4n) is 3.72. The van der Waals surface area contributed by atoms with Gasteiger partial charge in [-0.05, 0) is 42.8 Å². The van der Waals surface area contributed by atoms with Crippen molar-refractivity contribution in [3.8, 4) is 0 Å². The zero-order chi connectivity index (χ0) is 23.5. The molecular weight excluding hydrogens is 435 g/mol. The summed E-state index contributed by atoms with van der Waals surface area (Å²) >= 11 is 0. The highest BCUT2D eigenvalue weighted by Crippen LogP contribution is 2.34. The lowest BCUT2D eigenvalue weighted by Gasteiger charge is -2.24. The third kappa shape index (κ3) is 4.80. The van der Waals surface area contributed by atoms with E-state index in [2.05, 4.69) is 32.0 Å². The minimum absolute atomic E-state index is 0.165. The first kappa shape index (κ1) is 22.3. The number of hydrogen-bond donors (Lipinski definition) is 2. The summed E-state index contributed by atoms with van der Waals surface area (Å²) in [6.45, 7) is 1.98. The van der Waals surface area contributed by atoms with Crippen LogP contribution < -0.4 is 15.8 Å². The van der Waals surface area contributed by atoms with Gasteiger partial charge < -0.3 is 10.1 Å². The van der Waals surface area contributed by atoms with E-state index in [1.807, 2.05) is 12.1 Å². The lowest BCUT2D eigenvalue weighted by atomic mass is 10.0. The van der Waals surface area contributed by atoms with Gasteiger partial charge in [0.25, 0.3) is 5.91 Å². The first-order valence-electron chi connectivity index (χ1n) is 9.97. The number of rotatable bonds is 7. The number of anilines is 1. The van der Waals surface area contributed by atoms with Crippen LogP contribution >= 0.6 is 0 Å². The van der Waals surface area contributed by atoms with Gasteiger partial charge in [-0.15, -0.1) is 0 Å². The number of halogens is 3. The molecule has 2 aromatic rings. The fourth-order valence-corrected chi connectivity index (χ4v) is 3.72. The predicted octanol–water partition coefficient (Wildman–Crippen LogP) is 4.22. The molecular formula is C23H20F3N5O2. The van der Waals surface area contributed by atoms with E-state index < -0.39 is 18.5 Å². The molecule has 0 bridgehead atoms. The molecule has 10 heteroatoms. The first-order chi connectivity index (χ1) is 15.8. The number of alkyl halides is 2. The Bertz CT molecular complexity index is 1180. The van der Waals surface area contributed by atoms with Crippen LogP contribution in [0.15, 0.2) is 84.5 Å². The molecule has 33 heavy (non-hydrogen) atoms. The largest absolute Gasteiger partial charge is 0.435 e. The zero-order valence-electron chi connectivity index (χ0n) is 17.6. The second-order valence-corrected chi connectivity index (χ2v) is 7.31. The van der Waals surface area contributed by atoms with Crippen molar-refractivity contribution in [1.82, 2.24) is 20.7 Å². The Morgan fingerprint density at radius 3 is 2.85 bits per heavy atom. The Labute approximate surface area is 188 Å². The summed E-state index contributed by atoms with van der Waals surface area (Å²) in [6, 6.07) is 4.80. The number of nitrogens with one attached hydrogen (secondary N) is 2. The van der Waals surface area contributed by atoms with Crippen LogP contribution in [0.2, 0.25) is 0 Å². The zero-order valence-corrected chi connectivity index (χ0v) is 17.6. The average Bonchev–Trinajstić information content (AvgIpc) is 3.38. The van der Waals surface area contributed by atoms with Crippen molar-refractivity contribution < 1.29 is 22.7 Å². The molecule has 2 aliphatic heterocycles. The van der Waals surface area contributed by atoms with Crippen LogP contribution in [0.4, 0.5) is 18.9 Å². The van der Waals surface area contributed by atoms with Crippen LogP contribution in [0.1, 0.15) is 34.6 Å². The van der Waals surface area contributed by atoms with E-state index in [-0.39, 0.29) is 11.7 Å². The number of ether oxygens (including phenoxy) is 1. The highest BCUT2D eigenvalue weighted by Gasteiger charge is 2.32. The molecule has 4 heterocycles. The SMILES string of the molecule is C=C(F)C=C(C=C(C)C1=CC(c2nccc3c2CNC3=O)NN1c1cccnc1)OC(F)F. The summed E-state index contributed by atoms with van der Waals surface area (Å²) in [4.78, 5) is 20.7. The minimum Gasteiger partial charge on any atom is -0.435 e. The third-order valence-electron chi connectivity index (χ3n) is 5.08. The van der Waals surface area contributed by atoms with Gasteiger partial charge in [0, 0.05) is 36.1 Å². The number of fused-ring (bicyclic) bond motifs is 1. The molecule has 0 saturated heterocycles.